The van der Waals surface area contributed by atoms with Crippen LogP contribution in [0.1, 0.15) is 27.6 Å². The molecule has 2 aromatic carbocycles. The Morgan fingerprint density at radius 3 is 2.29 bits per heavy atom. The van der Waals surface area contributed by atoms with E-state index in [0.717, 1.165) is 0 Å². The van der Waals surface area contributed by atoms with Crippen LogP contribution in [0, 0.1) is 0 Å². The summed E-state index contributed by atoms with van der Waals surface area (Å²) < 4.78 is 5.06. The molecule has 0 atom stereocenters. The molecule has 28 heavy (non-hydrogen) atoms. The number of esters is 1. The SMILES string of the molecule is CCOC(=O)c1ccccc1Nc1nccc(Nc2ccccc2C(=O)O)n1. The molecular weight excluding hydrogens is 360 g/mol. The lowest BCUT2D eigenvalue weighted by atomic mass is 10.2. The van der Waals surface area contributed by atoms with Crippen LogP contribution in [0.25, 0.3) is 0 Å². The minimum Gasteiger partial charge on any atom is -0.478 e. The molecule has 3 aromatic rings. The van der Waals surface area contributed by atoms with E-state index in [-0.39, 0.29) is 18.1 Å². The lowest BCUT2D eigenvalue weighted by Crippen LogP contribution is -2.09. The number of carbonyl (C=O) groups excluding carboxylic acids is 1. The van der Waals surface area contributed by atoms with Gasteiger partial charge < -0.3 is 20.5 Å². The quantitative estimate of drug-likeness (QED) is 0.532. The summed E-state index contributed by atoms with van der Waals surface area (Å²) in [7, 11) is 0. The second-order valence-corrected chi connectivity index (χ2v) is 5.63. The number of ether oxygens (including phenoxy) is 1. The molecule has 3 rings (SSSR count). The monoisotopic (exact) mass is 378 g/mol. The van der Waals surface area contributed by atoms with Gasteiger partial charge in [-0.05, 0) is 37.3 Å². The zero-order valence-electron chi connectivity index (χ0n) is 15.0. The Labute approximate surface area is 161 Å². The number of carbonyl (C=O) groups is 2. The van der Waals surface area contributed by atoms with Gasteiger partial charge in [0.25, 0.3) is 0 Å². The molecule has 1 aromatic heterocycles. The number of aromatic nitrogens is 2. The van der Waals surface area contributed by atoms with Crippen molar-refractivity contribution in [3.05, 3.63) is 71.9 Å². The smallest absolute Gasteiger partial charge is 0.340 e. The molecule has 8 heteroatoms. The molecule has 0 aliphatic carbocycles. The average Bonchev–Trinajstić information content (AvgIpc) is 2.69. The fraction of sp³-hybridized carbons (Fsp3) is 0.100. The summed E-state index contributed by atoms with van der Waals surface area (Å²) in [5, 5.41) is 15.3. The summed E-state index contributed by atoms with van der Waals surface area (Å²) in [6, 6.07) is 15.0. The summed E-state index contributed by atoms with van der Waals surface area (Å²) in [5.41, 5.74) is 1.40. The van der Waals surface area contributed by atoms with Crippen molar-refractivity contribution in [3.63, 3.8) is 0 Å². The van der Waals surface area contributed by atoms with Crippen molar-refractivity contribution >= 4 is 35.1 Å². The fourth-order valence-electron chi connectivity index (χ4n) is 2.50. The Balaban J connectivity index is 1.84. The molecule has 0 saturated heterocycles. The lowest BCUT2D eigenvalue weighted by molar-refractivity contribution is 0.0527. The first-order valence-electron chi connectivity index (χ1n) is 8.54. The van der Waals surface area contributed by atoms with Crippen LogP contribution < -0.4 is 10.6 Å². The van der Waals surface area contributed by atoms with E-state index in [1.807, 2.05) is 0 Å². The summed E-state index contributed by atoms with van der Waals surface area (Å²) in [4.78, 5) is 31.9. The van der Waals surface area contributed by atoms with Crippen molar-refractivity contribution in [1.82, 2.24) is 9.97 Å². The Morgan fingerprint density at radius 1 is 0.964 bits per heavy atom. The maximum Gasteiger partial charge on any atom is 0.340 e. The van der Waals surface area contributed by atoms with Gasteiger partial charge in [-0.2, -0.15) is 4.98 Å². The van der Waals surface area contributed by atoms with Crippen molar-refractivity contribution in [3.8, 4) is 0 Å². The maximum absolute atomic E-state index is 12.1. The topological polar surface area (TPSA) is 113 Å². The summed E-state index contributed by atoms with van der Waals surface area (Å²) in [6.07, 6.45) is 1.52. The molecule has 0 aliphatic rings. The largest absolute Gasteiger partial charge is 0.478 e. The van der Waals surface area contributed by atoms with E-state index in [0.29, 0.717) is 22.8 Å². The van der Waals surface area contributed by atoms with Crippen molar-refractivity contribution in [2.24, 2.45) is 0 Å². The van der Waals surface area contributed by atoms with E-state index in [9.17, 15) is 14.7 Å². The van der Waals surface area contributed by atoms with E-state index >= 15 is 0 Å². The molecular formula is C20H18N4O4. The van der Waals surface area contributed by atoms with Gasteiger partial charge in [-0.3, -0.25) is 0 Å². The van der Waals surface area contributed by atoms with Crippen molar-refractivity contribution in [1.29, 1.82) is 0 Å². The van der Waals surface area contributed by atoms with E-state index in [1.165, 1.54) is 12.3 Å². The normalized spacial score (nSPS) is 10.2. The van der Waals surface area contributed by atoms with Crippen LogP contribution in [0.5, 0.6) is 0 Å². The van der Waals surface area contributed by atoms with E-state index < -0.39 is 11.9 Å². The molecule has 0 aliphatic heterocycles. The first kappa shape index (κ1) is 18.8. The number of nitrogens with one attached hydrogen (secondary N) is 2. The van der Waals surface area contributed by atoms with Crippen LogP contribution in [-0.2, 0) is 4.74 Å². The number of benzene rings is 2. The number of carboxylic acid groups (broad SMARTS) is 1. The number of rotatable bonds is 7. The fourth-order valence-corrected chi connectivity index (χ4v) is 2.50. The lowest BCUT2D eigenvalue weighted by Gasteiger charge is -2.12. The van der Waals surface area contributed by atoms with Gasteiger partial charge >= 0.3 is 11.9 Å². The highest BCUT2D eigenvalue weighted by atomic mass is 16.5. The molecule has 0 unspecified atom stereocenters. The standard InChI is InChI=1S/C20H18N4O4/c1-2-28-19(27)14-8-4-6-10-16(14)23-20-21-12-11-17(24-20)22-15-9-5-3-7-13(15)18(25)26/h3-12H,2H2,1H3,(H,25,26)(H2,21,22,23,24). The van der Waals surface area contributed by atoms with Crippen LogP contribution in [0.15, 0.2) is 60.8 Å². The van der Waals surface area contributed by atoms with Gasteiger partial charge in [-0.25, -0.2) is 14.6 Å². The van der Waals surface area contributed by atoms with E-state index in [2.05, 4.69) is 20.6 Å². The summed E-state index contributed by atoms with van der Waals surface area (Å²) in [6.45, 7) is 2.01. The van der Waals surface area contributed by atoms with Gasteiger partial charge in [0, 0.05) is 6.20 Å². The van der Waals surface area contributed by atoms with Crippen LogP contribution in [0.3, 0.4) is 0 Å². The molecule has 0 spiro atoms. The zero-order valence-corrected chi connectivity index (χ0v) is 15.0. The zero-order chi connectivity index (χ0) is 19.9. The molecule has 3 N–H and O–H groups in total. The summed E-state index contributed by atoms with van der Waals surface area (Å²) >= 11 is 0. The predicted octanol–water partition coefficient (Wildman–Crippen LogP) is 3.84. The first-order chi connectivity index (χ1) is 13.6. The van der Waals surface area contributed by atoms with Gasteiger partial charge in [-0.1, -0.05) is 24.3 Å². The number of hydrogen-bond donors (Lipinski definition) is 3. The van der Waals surface area contributed by atoms with Crippen LogP contribution in [-0.4, -0.2) is 33.6 Å². The van der Waals surface area contributed by atoms with Gasteiger partial charge in [0.1, 0.15) is 5.82 Å². The van der Waals surface area contributed by atoms with Crippen LogP contribution >= 0.6 is 0 Å². The molecule has 0 saturated carbocycles. The van der Waals surface area contributed by atoms with Crippen molar-refractivity contribution in [2.45, 2.75) is 6.92 Å². The highest BCUT2D eigenvalue weighted by Gasteiger charge is 2.13. The Kier molecular flexibility index (Phi) is 5.81. The molecule has 0 bridgehead atoms. The molecule has 0 fully saturated rings. The minimum absolute atomic E-state index is 0.128. The maximum atomic E-state index is 12.1. The third kappa shape index (κ3) is 4.42. The minimum atomic E-state index is -1.04. The van der Waals surface area contributed by atoms with Gasteiger partial charge in [0.05, 0.1) is 29.1 Å². The first-order valence-corrected chi connectivity index (χ1v) is 8.54. The number of para-hydroxylation sites is 2. The van der Waals surface area contributed by atoms with Gasteiger partial charge in [0.15, 0.2) is 0 Å². The number of aromatic carboxylic acids is 1. The molecule has 1 heterocycles. The third-order valence-corrected chi connectivity index (χ3v) is 3.74. The number of hydrogen-bond acceptors (Lipinski definition) is 7. The van der Waals surface area contributed by atoms with Gasteiger partial charge in [-0.15, -0.1) is 0 Å². The second-order valence-electron chi connectivity index (χ2n) is 5.63. The third-order valence-electron chi connectivity index (χ3n) is 3.74. The van der Waals surface area contributed by atoms with Crippen molar-refractivity contribution in [2.75, 3.05) is 17.2 Å². The highest BCUT2D eigenvalue weighted by molar-refractivity contribution is 5.96. The number of nitrogens with zero attached hydrogens (tertiary/aromatic N) is 2. The van der Waals surface area contributed by atoms with Crippen molar-refractivity contribution < 1.29 is 19.4 Å². The second kappa shape index (κ2) is 8.63. The Hall–Kier alpha value is -3.94. The predicted molar refractivity (Wildman–Crippen MR) is 104 cm³/mol. The Morgan fingerprint density at radius 2 is 1.61 bits per heavy atom. The molecule has 0 amide bonds. The highest BCUT2D eigenvalue weighted by Crippen LogP contribution is 2.23. The number of carboxylic acids is 1. The average molecular weight is 378 g/mol. The van der Waals surface area contributed by atoms with Gasteiger partial charge in [0.2, 0.25) is 5.95 Å². The Bertz CT molecular complexity index is 1010. The van der Waals surface area contributed by atoms with E-state index in [4.69, 9.17) is 4.74 Å². The van der Waals surface area contributed by atoms with E-state index in [1.54, 1.807) is 55.5 Å². The number of anilines is 4. The molecule has 0 radical (unpaired) electrons. The van der Waals surface area contributed by atoms with Crippen LogP contribution in [0.4, 0.5) is 23.1 Å². The summed E-state index contributed by atoms with van der Waals surface area (Å²) in [5.74, 6) is -0.844. The van der Waals surface area contributed by atoms with Crippen LogP contribution in [0.2, 0.25) is 0 Å². The molecule has 142 valence electrons. The molecule has 8 nitrogen and oxygen atoms in total.